The average molecular weight is 454 g/mol. The van der Waals surface area contributed by atoms with Crippen LogP contribution in [0.4, 0.5) is 0 Å². The lowest BCUT2D eigenvalue weighted by atomic mass is 10.00. The number of ether oxygens (including phenoxy) is 1. The van der Waals surface area contributed by atoms with Crippen molar-refractivity contribution in [1.82, 2.24) is 0 Å². The van der Waals surface area contributed by atoms with Gasteiger partial charge in [-0.2, -0.15) is 8.42 Å². The van der Waals surface area contributed by atoms with Gasteiger partial charge >= 0.3 is 10.4 Å². The van der Waals surface area contributed by atoms with Gasteiger partial charge in [0.15, 0.2) is 6.29 Å². The first kappa shape index (κ1) is 24.7. The van der Waals surface area contributed by atoms with E-state index in [9.17, 15) is 27.9 Å². The molecule has 1 unspecified atom stereocenters. The van der Waals surface area contributed by atoms with E-state index in [-0.39, 0.29) is 11.5 Å². The predicted molar refractivity (Wildman–Crippen MR) is 95.3 cm³/mol. The number of unbranched alkanes of at least 4 members (excludes halogenated alkanes) is 1. The highest BCUT2D eigenvalue weighted by atomic mass is 32.3. The summed E-state index contributed by atoms with van der Waals surface area (Å²) in [5.74, 6) is 0.421. The zero-order valence-corrected chi connectivity index (χ0v) is 16.7. The normalized spacial score (nSPS) is 30.9. The van der Waals surface area contributed by atoms with Gasteiger partial charge in [0.25, 0.3) is 0 Å². The summed E-state index contributed by atoms with van der Waals surface area (Å²) in [6.07, 6.45) is -4.85. The molecule has 1 aliphatic rings. The smallest absolute Gasteiger partial charge is 0.394 e. The molecule has 5 N–H and O–H groups in total. The minimum atomic E-state index is -4.84. The molecule has 0 aromatic rings. The molecular formula is C12H23NO11S3. The van der Waals surface area contributed by atoms with Gasteiger partial charge in [-0.1, -0.05) is 5.16 Å². The van der Waals surface area contributed by atoms with Crippen LogP contribution in [0.5, 0.6) is 0 Å². The molecule has 27 heavy (non-hydrogen) atoms. The maximum Gasteiger partial charge on any atom is 0.466 e. The average Bonchev–Trinajstić information content (AvgIpc) is 2.58. The van der Waals surface area contributed by atoms with Gasteiger partial charge < -0.3 is 25.2 Å². The van der Waals surface area contributed by atoms with E-state index >= 15 is 0 Å². The van der Waals surface area contributed by atoms with Gasteiger partial charge in [0.2, 0.25) is 0 Å². The predicted octanol–water partition coefficient (Wildman–Crippen LogP) is -1.87. The molecule has 1 rings (SSSR count). The van der Waals surface area contributed by atoms with Crippen LogP contribution < -0.4 is 0 Å². The van der Waals surface area contributed by atoms with Crippen molar-refractivity contribution in [3.8, 4) is 0 Å². The van der Waals surface area contributed by atoms with E-state index in [1.807, 2.05) is 0 Å². The van der Waals surface area contributed by atoms with Crippen LogP contribution in [0.1, 0.15) is 19.3 Å². The van der Waals surface area contributed by atoms with Crippen molar-refractivity contribution < 1.29 is 50.8 Å². The van der Waals surface area contributed by atoms with Crippen molar-refractivity contribution in [3.05, 3.63) is 0 Å². The molecule has 1 saturated heterocycles. The summed E-state index contributed by atoms with van der Waals surface area (Å²) in [5.41, 5.74) is 0. The van der Waals surface area contributed by atoms with Gasteiger partial charge in [-0.3, -0.25) is 12.9 Å². The summed E-state index contributed by atoms with van der Waals surface area (Å²) < 4.78 is 55.2. The van der Waals surface area contributed by atoms with Crippen LogP contribution in [0.3, 0.4) is 0 Å². The molecule has 6 atom stereocenters. The molecule has 1 heterocycles. The van der Waals surface area contributed by atoms with Gasteiger partial charge in [0.05, 0.1) is 18.6 Å². The fourth-order valence-electron chi connectivity index (χ4n) is 2.02. The summed E-state index contributed by atoms with van der Waals surface area (Å²) in [6, 6.07) is 0. The maximum absolute atomic E-state index is 11.0. The van der Waals surface area contributed by atoms with Crippen molar-refractivity contribution in [2.75, 3.05) is 18.6 Å². The Hall–Kier alpha value is -0.360. The van der Waals surface area contributed by atoms with Crippen LogP contribution in [0.2, 0.25) is 0 Å². The summed E-state index contributed by atoms with van der Waals surface area (Å²) in [6.45, 7) is -0.642. The number of aliphatic hydroxyl groups excluding tert-OH is 4. The standard InChI is InChI=1S/C12H23NO11S3/c1-26(18)5-3-2-4-8(13-24-27(19,20)21)25-23-12-11(17)10(16)9(15)7(6-14)22-12/h7,9-12,14-17H,2-6H2,1H3,(H,19,20,21)/b13-8-/t7-,9-,10+,11-,12+,26?/m1/s1. The minimum absolute atomic E-state index is 0.0496. The zero-order chi connectivity index (χ0) is 20.6. The fraction of sp³-hybridized carbons (Fsp3) is 0.917. The molecule has 0 saturated carbocycles. The number of rotatable bonds is 10. The Morgan fingerprint density at radius 3 is 2.44 bits per heavy atom. The maximum atomic E-state index is 11.0. The molecule has 1 fully saturated rings. The number of aliphatic hydroxyl groups is 4. The Bertz CT molecular complexity index is 612. The number of nitrogens with zero attached hydrogens (tertiary/aromatic N) is 1. The lowest BCUT2D eigenvalue weighted by molar-refractivity contribution is -0.274. The molecule has 0 aromatic heterocycles. The summed E-state index contributed by atoms with van der Waals surface area (Å²) in [7, 11) is -5.83. The molecule has 0 aliphatic carbocycles. The number of hydrogen-bond acceptors (Lipinski definition) is 12. The SMILES string of the molecule is CS(=O)CCCC/C(=N/OS(=O)(=O)O)SO[C@@H]1O[C@H](CO)[C@@H](O)[C@H](O)[C@H]1O. The van der Waals surface area contributed by atoms with Crippen LogP contribution in [0.15, 0.2) is 5.16 Å². The Balaban J connectivity index is 2.69. The number of hydrogen-bond donors (Lipinski definition) is 5. The quantitative estimate of drug-likeness (QED) is 0.0619. The molecule has 1 aliphatic heterocycles. The van der Waals surface area contributed by atoms with Crippen LogP contribution in [0.25, 0.3) is 0 Å². The highest BCUT2D eigenvalue weighted by molar-refractivity contribution is 8.09. The van der Waals surface area contributed by atoms with Gasteiger partial charge in [0.1, 0.15) is 29.5 Å². The fourth-order valence-corrected chi connectivity index (χ4v) is 3.53. The van der Waals surface area contributed by atoms with E-state index in [0.717, 1.165) is 0 Å². The van der Waals surface area contributed by atoms with Crippen molar-refractivity contribution >= 4 is 38.3 Å². The Morgan fingerprint density at radius 1 is 1.22 bits per heavy atom. The summed E-state index contributed by atoms with van der Waals surface area (Å²) >= 11 is 0.461. The first-order chi connectivity index (χ1) is 12.5. The zero-order valence-electron chi connectivity index (χ0n) is 14.3. The van der Waals surface area contributed by atoms with Crippen molar-refractivity contribution in [2.45, 2.75) is 50.0 Å². The van der Waals surface area contributed by atoms with Crippen LogP contribution >= 0.6 is 12.0 Å². The summed E-state index contributed by atoms with van der Waals surface area (Å²) in [5, 5.41) is 41.6. The van der Waals surface area contributed by atoms with Gasteiger partial charge in [0, 0.05) is 29.2 Å². The third kappa shape index (κ3) is 9.12. The molecule has 0 amide bonds. The second-order valence-corrected chi connectivity index (χ2v) is 8.99. The minimum Gasteiger partial charge on any atom is -0.394 e. The summed E-state index contributed by atoms with van der Waals surface area (Å²) in [4.78, 5) is 0. The van der Waals surface area contributed by atoms with E-state index in [1.54, 1.807) is 0 Å². The van der Waals surface area contributed by atoms with Gasteiger partial charge in [-0.05, 0) is 12.8 Å². The van der Waals surface area contributed by atoms with Crippen molar-refractivity contribution in [3.63, 3.8) is 0 Å². The third-order valence-corrected chi connectivity index (χ3v) is 5.28. The van der Waals surface area contributed by atoms with Gasteiger partial charge in [-0.25, -0.2) is 4.28 Å². The van der Waals surface area contributed by atoms with Crippen LogP contribution in [-0.2, 0) is 34.4 Å². The second-order valence-electron chi connectivity index (χ2n) is 5.60. The Labute approximate surface area is 163 Å². The largest absolute Gasteiger partial charge is 0.466 e. The van der Waals surface area contributed by atoms with Gasteiger partial charge in [-0.15, -0.1) is 0 Å². The first-order valence-electron chi connectivity index (χ1n) is 7.72. The molecule has 0 bridgehead atoms. The van der Waals surface area contributed by atoms with E-state index < -0.39 is 58.5 Å². The Kier molecular flexibility index (Phi) is 10.6. The lowest BCUT2D eigenvalue weighted by Gasteiger charge is -2.39. The van der Waals surface area contributed by atoms with Crippen molar-refractivity contribution in [1.29, 1.82) is 0 Å². The highest BCUT2D eigenvalue weighted by Crippen LogP contribution is 2.26. The second kappa shape index (κ2) is 11.6. The molecule has 0 spiro atoms. The highest BCUT2D eigenvalue weighted by Gasteiger charge is 2.44. The van der Waals surface area contributed by atoms with E-state index in [2.05, 4.69) is 9.44 Å². The molecular weight excluding hydrogens is 430 g/mol. The molecule has 160 valence electrons. The molecule has 0 radical (unpaired) electrons. The number of oxime groups is 1. The van der Waals surface area contributed by atoms with Crippen LogP contribution in [-0.4, -0.2) is 92.0 Å². The van der Waals surface area contributed by atoms with E-state index in [0.29, 0.717) is 30.6 Å². The topological polar surface area (TPSA) is 192 Å². The first-order valence-corrected chi connectivity index (χ1v) is 11.6. The molecule has 15 heteroatoms. The van der Waals surface area contributed by atoms with Crippen molar-refractivity contribution in [2.24, 2.45) is 5.16 Å². The molecule has 0 aromatic carbocycles. The Morgan fingerprint density at radius 2 is 1.89 bits per heavy atom. The third-order valence-electron chi connectivity index (χ3n) is 3.39. The monoisotopic (exact) mass is 453 g/mol. The van der Waals surface area contributed by atoms with E-state index in [4.69, 9.17) is 18.6 Å². The lowest BCUT2D eigenvalue weighted by Crippen LogP contribution is -2.58. The molecule has 12 nitrogen and oxygen atoms in total. The van der Waals surface area contributed by atoms with Crippen LogP contribution in [0, 0.1) is 0 Å². The van der Waals surface area contributed by atoms with E-state index in [1.165, 1.54) is 6.26 Å².